The maximum absolute atomic E-state index is 13.0. The third-order valence-electron chi connectivity index (χ3n) is 2.51. The van der Waals surface area contributed by atoms with Gasteiger partial charge in [-0.2, -0.15) is 0 Å². The quantitative estimate of drug-likeness (QED) is 0.348. The van der Waals surface area contributed by atoms with Crippen molar-refractivity contribution in [2.75, 3.05) is 0 Å². The van der Waals surface area contributed by atoms with Crippen molar-refractivity contribution in [3.63, 3.8) is 0 Å². The van der Waals surface area contributed by atoms with E-state index in [9.17, 15) is 22.0 Å². The fourth-order valence-corrected chi connectivity index (χ4v) is 1.68. The zero-order valence-corrected chi connectivity index (χ0v) is 7.04. The van der Waals surface area contributed by atoms with E-state index in [2.05, 4.69) is 0 Å². The SMILES string of the molecule is CC1c2c(F)c(F)c(F)c(F)c2C1F. The van der Waals surface area contributed by atoms with Crippen molar-refractivity contribution in [2.24, 2.45) is 0 Å². The molecule has 0 spiro atoms. The highest BCUT2D eigenvalue weighted by molar-refractivity contribution is 5.45. The van der Waals surface area contributed by atoms with Gasteiger partial charge in [0.05, 0.1) is 0 Å². The summed E-state index contributed by atoms with van der Waals surface area (Å²) < 4.78 is 64.1. The van der Waals surface area contributed by atoms with Gasteiger partial charge >= 0.3 is 0 Å². The van der Waals surface area contributed by atoms with Gasteiger partial charge in [-0.1, -0.05) is 6.92 Å². The minimum absolute atomic E-state index is 0.395. The molecule has 76 valence electrons. The summed E-state index contributed by atoms with van der Waals surface area (Å²) in [6.07, 6.45) is -1.76. The number of hydrogen-bond donors (Lipinski definition) is 0. The Bertz CT molecular complexity index is 373. The van der Waals surface area contributed by atoms with Crippen LogP contribution in [0.15, 0.2) is 0 Å². The molecule has 0 heterocycles. The molecule has 0 saturated heterocycles. The molecule has 0 saturated carbocycles. The molecule has 0 radical (unpaired) electrons. The van der Waals surface area contributed by atoms with Crippen molar-refractivity contribution in [1.29, 1.82) is 0 Å². The molecular formula is C9H5F5. The van der Waals surface area contributed by atoms with Gasteiger partial charge in [0.25, 0.3) is 0 Å². The van der Waals surface area contributed by atoms with Crippen LogP contribution in [0.5, 0.6) is 0 Å². The van der Waals surface area contributed by atoms with Gasteiger partial charge in [0.2, 0.25) is 0 Å². The van der Waals surface area contributed by atoms with E-state index in [1.165, 1.54) is 6.92 Å². The molecule has 2 unspecified atom stereocenters. The van der Waals surface area contributed by atoms with E-state index in [1.54, 1.807) is 0 Å². The van der Waals surface area contributed by atoms with Gasteiger partial charge in [-0.3, -0.25) is 0 Å². The molecule has 0 aliphatic heterocycles. The zero-order valence-electron chi connectivity index (χ0n) is 7.04. The lowest BCUT2D eigenvalue weighted by atomic mass is 9.76. The fraction of sp³-hybridized carbons (Fsp3) is 0.333. The second kappa shape index (κ2) is 2.68. The van der Waals surface area contributed by atoms with Gasteiger partial charge in [-0.25, -0.2) is 22.0 Å². The minimum atomic E-state index is -1.95. The highest BCUT2D eigenvalue weighted by Crippen LogP contribution is 2.50. The lowest BCUT2D eigenvalue weighted by Crippen LogP contribution is -2.25. The van der Waals surface area contributed by atoms with Crippen LogP contribution >= 0.6 is 0 Å². The molecule has 14 heavy (non-hydrogen) atoms. The lowest BCUT2D eigenvalue weighted by molar-refractivity contribution is 0.228. The predicted octanol–water partition coefficient (Wildman–Crippen LogP) is 3.37. The van der Waals surface area contributed by atoms with Crippen molar-refractivity contribution in [3.8, 4) is 0 Å². The molecule has 0 amide bonds. The molecule has 1 aliphatic rings. The third kappa shape index (κ3) is 0.871. The van der Waals surface area contributed by atoms with Crippen LogP contribution in [0.1, 0.15) is 30.1 Å². The Kier molecular flexibility index (Phi) is 1.81. The Morgan fingerprint density at radius 3 is 1.71 bits per heavy atom. The normalized spacial score (nSPS) is 24.4. The summed E-state index contributed by atoms with van der Waals surface area (Å²) in [7, 11) is 0. The molecule has 2 rings (SSSR count). The van der Waals surface area contributed by atoms with Crippen LogP contribution in [0.3, 0.4) is 0 Å². The number of halogens is 5. The summed E-state index contributed by atoms with van der Waals surface area (Å²) in [4.78, 5) is 0. The van der Waals surface area contributed by atoms with Crippen LogP contribution in [-0.2, 0) is 0 Å². The van der Waals surface area contributed by atoms with Crippen molar-refractivity contribution in [2.45, 2.75) is 19.0 Å². The van der Waals surface area contributed by atoms with E-state index < -0.39 is 46.5 Å². The summed E-state index contributed by atoms with van der Waals surface area (Å²) in [5.74, 6) is -7.85. The molecule has 0 N–H and O–H groups in total. The van der Waals surface area contributed by atoms with Crippen LogP contribution in [0.25, 0.3) is 0 Å². The average molecular weight is 208 g/mol. The molecule has 5 heteroatoms. The Labute approximate surface area is 76.3 Å². The molecule has 0 fully saturated rings. The van der Waals surface area contributed by atoms with Gasteiger partial charge in [0, 0.05) is 17.0 Å². The second-order valence-electron chi connectivity index (χ2n) is 3.27. The van der Waals surface area contributed by atoms with Crippen LogP contribution < -0.4 is 0 Å². The first-order valence-electron chi connectivity index (χ1n) is 3.96. The third-order valence-corrected chi connectivity index (χ3v) is 2.51. The van der Waals surface area contributed by atoms with Gasteiger partial charge in [0.1, 0.15) is 6.17 Å². The van der Waals surface area contributed by atoms with Crippen LogP contribution in [-0.4, -0.2) is 0 Å². The molecule has 1 aromatic carbocycles. The maximum Gasteiger partial charge on any atom is 0.197 e. The second-order valence-corrected chi connectivity index (χ2v) is 3.27. The summed E-state index contributed by atoms with van der Waals surface area (Å²) in [6, 6.07) is 0. The lowest BCUT2D eigenvalue weighted by Gasteiger charge is -2.32. The van der Waals surface area contributed by atoms with E-state index in [0.717, 1.165) is 0 Å². The first kappa shape index (κ1) is 9.43. The summed E-state index contributed by atoms with van der Waals surface area (Å²) in [6.45, 7) is 1.28. The highest BCUT2D eigenvalue weighted by atomic mass is 19.2. The van der Waals surface area contributed by atoms with E-state index in [-0.39, 0.29) is 0 Å². The Balaban J connectivity index is 2.76. The summed E-state index contributed by atoms with van der Waals surface area (Å²) in [5.41, 5.74) is -1.08. The number of rotatable bonds is 0. The number of fused-ring (bicyclic) bond motifs is 1. The monoisotopic (exact) mass is 208 g/mol. The van der Waals surface area contributed by atoms with Crippen molar-refractivity contribution >= 4 is 0 Å². The molecular weight excluding hydrogens is 203 g/mol. The first-order chi connectivity index (χ1) is 6.46. The topological polar surface area (TPSA) is 0 Å². The largest absolute Gasteiger partial charge is 0.241 e. The van der Waals surface area contributed by atoms with Gasteiger partial charge in [-0.15, -0.1) is 0 Å². The summed E-state index contributed by atoms with van der Waals surface area (Å²) in [5, 5.41) is 0. The number of hydrogen-bond acceptors (Lipinski definition) is 0. The minimum Gasteiger partial charge on any atom is -0.241 e. The molecule has 0 nitrogen and oxygen atoms in total. The molecule has 2 atom stereocenters. The van der Waals surface area contributed by atoms with Crippen molar-refractivity contribution in [3.05, 3.63) is 34.4 Å². The highest BCUT2D eigenvalue weighted by Gasteiger charge is 2.43. The molecule has 0 bridgehead atoms. The van der Waals surface area contributed by atoms with E-state index in [0.29, 0.717) is 0 Å². The van der Waals surface area contributed by atoms with Crippen molar-refractivity contribution < 1.29 is 22.0 Å². The first-order valence-corrected chi connectivity index (χ1v) is 3.96. The predicted molar refractivity (Wildman–Crippen MR) is 38.5 cm³/mol. The van der Waals surface area contributed by atoms with E-state index in [4.69, 9.17) is 0 Å². The maximum atomic E-state index is 13.0. The Morgan fingerprint density at radius 2 is 1.21 bits per heavy atom. The standard InChI is InChI=1S/C9H5F5/c1-2-3-4(5(2)10)7(12)9(14)8(13)6(3)11/h2,5H,1H3. The van der Waals surface area contributed by atoms with Crippen molar-refractivity contribution in [1.82, 2.24) is 0 Å². The molecule has 1 aromatic rings. The van der Waals surface area contributed by atoms with Crippen LogP contribution in [0.4, 0.5) is 22.0 Å². The van der Waals surface area contributed by atoms with Gasteiger partial charge in [-0.05, 0) is 0 Å². The average Bonchev–Trinajstić information content (AvgIpc) is 2.18. The van der Waals surface area contributed by atoms with Crippen LogP contribution in [0.2, 0.25) is 0 Å². The van der Waals surface area contributed by atoms with Crippen LogP contribution in [0, 0.1) is 23.3 Å². The fourth-order valence-electron chi connectivity index (χ4n) is 1.68. The molecule has 0 aromatic heterocycles. The molecule has 1 aliphatic carbocycles. The Morgan fingerprint density at radius 1 is 0.786 bits per heavy atom. The number of benzene rings is 1. The summed E-state index contributed by atoms with van der Waals surface area (Å²) >= 11 is 0. The number of alkyl halides is 1. The van der Waals surface area contributed by atoms with Gasteiger partial charge < -0.3 is 0 Å². The van der Waals surface area contributed by atoms with Gasteiger partial charge in [0.15, 0.2) is 23.3 Å². The van der Waals surface area contributed by atoms with E-state index >= 15 is 0 Å². The smallest absolute Gasteiger partial charge is 0.197 e. The zero-order chi connectivity index (χ0) is 10.6. The Hall–Kier alpha value is -1.13. The van der Waals surface area contributed by atoms with E-state index in [1.807, 2.05) is 0 Å².